The Morgan fingerprint density at radius 3 is 2.33 bits per heavy atom. The van der Waals surface area contributed by atoms with E-state index in [0.29, 0.717) is 13.1 Å². The lowest BCUT2D eigenvalue weighted by Crippen LogP contribution is -2.57. The van der Waals surface area contributed by atoms with Crippen molar-refractivity contribution in [3.05, 3.63) is 33.9 Å². The molecule has 21 heavy (non-hydrogen) atoms. The van der Waals surface area contributed by atoms with Crippen LogP contribution in [-0.4, -0.2) is 29.2 Å². The summed E-state index contributed by atoms with van der Waals surface area (Å²) in [7, 11) is 0. The molecule has 1 aromatic carbocycles. The Labute approximate surface area is 124 Å². The molecule has 0 aromatic heterocycles. The molecule has 112 valence electrons. The highest BCUT2D eigenvalue weighted by Gasteiger charge is 2.38. The molecule has 0 radical (unpaired) electrons. The van der Waals surface area contributed by atoms with Crippen LogP contribution in [0.3, 0.4) is 0 Å². The lowest BCUT2D eigenvalue weighted by atomic mass is 9.98. The predicted octanol–water partition coefficient (Wildman–Crippen LogP) is 2.86. The van der Waals surface area contributed by atoms with Gasteiger partial charge in [0, 0.05) is 24.8 Å². The van der Waals surface area contributed by atoms with Gasteiger partial charge in [-0.2, -0.15) is 5.26 Å². The molecule has 1 aliphatic rings. The molecule has 1 heterocycles. The molecule has 6 heteroatoms. The molecule has 0 N–H and O–H groups in total. The number of rotatable bonds is 2. The van der Waals surface area contributed by atoms with Gasteiger partial charge in [0.15, 0.2) is 0 Å². The summed E-state index contributed by atoms with van der Waals surface area (Å²) in [6, 6.07) is 6.58. The summed E-state index contributed by atoms with van der Waals surface area (Å²) in [6.45, 7) is 9.27. The van der Waals surface area contributed by atoms with Gasteiger partial charge >= 0.3 is 0 Å². The van der Waals surface area contributed by atoms with Crippen LogP contribution in [0.4, 0.5) is 11.4 Å². The van der Waals surface area contributed by atoms with Gasteiger partial charge in [0.05, 0.1) is 16.1 Å². The highest BCUT2D eigenvalue weighted by molar-refractivity contribution is 5.60. The number of benzene rings is 1. The van der Waals surface area contributed by atoms with Crippen molar-refractivity contribution in [1.82, 2.24) is 0 Å². The molecular formula is C15H19N3O3. The molecular weight excluding hydrogens is 270 g/mol. The molecule has 0 spiro atoms. The Morgan fingerprint density at radius 1 is 1.29 bits per heavy atom. The van der Waals surface area contributed by atoms with Gasteiger partial charge in [-0.1, -0.05) is 0 Å². The number of ether oxygens (including phenoxy) is 1. The summed E-state index contributed by atoms with van der Waals surface area (Å²) in [4.78, 5) is 12.6. The standard InChI is InChI=1S/C15H19N3O3/c1-14(2)9-17(10-15(3,4)21-14)12-6-5-11(8-16)13(7-12)18(19)20/h5-7H,9-10H2,1-4H3. The molecule has 0 saturated carbocycles. The molecule has 1 aliphatic heterocycles. The monoisotopic (exact) mass is 289 g/mol. The number of hydrogen-bond acceptors (Lipinski definition) is 5. The predicted molar refractivity (Wildman–Crippen MR) is 79.3 cm³/mol. The van der Waals surface area contributed by atoms with E-state index in [1.54, 1.807) is 6.07 Å². The number of nitriles is 1. The van der Waals surface area contributed by atoms with Gasteiger partial charge in [-0.15, -0.1) is 0 Å². The minimum Gasteiger partial charge on any atom is -0.366 e. The minimum atomic E-state index is -0.515. The average Bonchev–Trinajstić information content (AvgIpc) is 2.34. The van der Waals surface area contributed by atoms with E-state index in [1.807, 2.05) is 33.8 Å². The van der Waals surface area contributed by atoms with E-state index in [4.69, 9.17) is 10.00 Å². The second-order valence-electron chi connectivity index (χ2n) is 6.55. The minimum absolute atomic E-state index is 0.0792. The molecule has 0 aliphatic carbocycles. The zero-order valence-corrected chi connectivity index (χ0v) is 12.7. The zero-order valence-electron chi connectivity index (χ0n) is 12.7. The van der Waals surface area contributed by atoms with E-state index in [9.17, 15) is 10.1 Å². The van der Waals surface area contributed by atoms with Crippen molar-refractivity contribution in [3.63, 3.8) is 0 Å². The number of nitro benzene ring substituents is 1. The zero-order chi connectivity index (χ0) is 15.8. The number of nitro groups is 1. The molecule has 1 fully saturated rings. The molecule has 2 rings (SSSR count). The fourth-order valence-electron chi connectivity index (χ4n) is 2.93. The normalized spacial score (nSPS) is 19.9. The summed E-state index contributed by atoms with van der Waals surface area (Å²) in [5.74, 6) is 0. The Hall–Kier alpha value is -2.13. The maximum atomic E-state index is 11.1. The van der Waals surface area contributed by atoms with Crippen molar-refractivity contribution in [2.45, 2.75) is 38.9 Å². The van der Waals surface area contributed by atoms with Crippen LogP contribution in [0.5, 0.6) is 0 Å². The van der Waals surface area contributed by atoms with Crippen LogP contribution in [0.1, 0.15) is 33.3 Å². The van der Waals surface area contributed by atoms with Crippen LogP contribution < -0.4 is 4.90 Å². The summed E-state index contributed by atoms with van der Waals surface area (Å²) in [5.41, 5.74) is -0.0210. The third kappa shape index (κ3) is 3.31. The van der Waals surface area contributed by atoms with E-state index in [1.165, 1.54) is 12.1 Å². The Kier molecular flexibility index (Phi) is 3.64. The van der Waals surface area contributed by atoms with E-state index >= 15 is 0 Å². The Bertz CT molecular complexity index is 601. The van der Waals surface area contributed by atoms with Crippen molar-refractivity contribution >= 4 is 11.4 Å². The van der Waals surface area contributed by atoms with Gasteiger partial charge in [-0.25, -0.2) is 0 Å². The second kappa shape index (κ2) is 5.01. The van der Waals surface area contributed by atoms with Crippen LogP contribution in [0.15, 0.2) is 18.2 Å². The smallest absolute Gasteiger partial charge is 0.289 e. The average molecular weight is 289 g/mol. The summed E-state index contributed by atoms with van der Waals surface area (Å²) < 4.78 is 6.01. The quantitative estimate of drug-likeness (QED) is 0.618. The lowest BCUT2D eigenvalue weighted by Gasteiger charge is -2.48. The van der Waals surface area contributed by atoms with Crippen molar-refractivity contribution in [2.24, 2.45) is 0 Å². The first-order valence-electron chi connectivity index (χ1n) is 6.77. The number of anilines is 1. The highest BCUT2D eigenvalue weighted by Crippen LogP contribution is 2.33. The number of hydrogen-bond donors (Lipinski definition) is 0. The molecule has 1 aromatic rings. The van der Waals surface area contributed by atoms with Crippen LogP contribution >= 0.6 is 0 Å². The highest BCUT2D eigenvalue weighted by atomic mass is 16.6. The van der Waals surface area contributed by atoms with E-state index < -0.39 is 4.92 Å². The van der Waals surface area contributed by atoms with Gasteiger partial charge in [0.25, 0.3) is 5.69 Å². The fourth-order valence-corrected chi connectivity index (χ4v) is 2.93. The molecule has 1 saturated heterocycles. The van der Waals surface area contributed by atoms with E-state index in [2.05, 4.69) is 4.90 Å². The largest absolute Gasteiger partial charge is 0.366 e. The van der Waals surface area contributed by atoms with Gasteiger partial charge in [0.2, 0.25) is 0 Å². The maximum absolute atomic E-state index is 11.1. The second-order valence-corrected chi connectivity index (χ2v) is 6.55. The number of morpholine rings is 1. The van der Waals surface area contributed by atoms with Crippen LogP contribution in [0.25, 0.3) is 0 Å². The number of nitrogens with zero attached hydrogens (tertiary/aromatic N) is 3. The first kappa shape index (κ1) is 15.3. The van der Waals surface area contributed by atoms with E-state index in [0.717, 1.165) is 5.69 Å². The van der Waals surface area contributed by atoms with Gasteiger partial charge in [0.1, 0.15) is 11.6 Å². The lowest BCUT2D eigenvalue weighted by molar-refractivity contribution is -0.385. The third-order valence-corrected chi connectivity index (χ3v) is 3.36. The summed E-state index contributed by atoms with van der Waals surface area (Å²) in [5, 5.41) is 20.0. The summed E-state index contributed by atoms with van der Waals surface area (Å²) in [6.07, 6.45) is 0. The van der Waals surface area contributed by atoms with E-state index in [-0.39, 0.29) is 22.5 Å². The van der Waals surface area contributed by atoms with Crippen molar-refractivity contribution in [3.8, 4) is 6.07 Å². The first-order valence-corrected chi connectivity index (χ1v) is 6.77. The van der Waals surface area contributed by atoms with Gasteiger partial charge in [-0.05, 0) is 39.8 Å². The van der Waals surface area contributed by atoms with Gasteiger partial charge < -0.3 is 9.64 Å². The van der Waals surface area contributed by atoms with Crippen molar-refractivity contribution < 1.29 is 9.66 Å². The van der Waals surface area contributed by atoms with Crippen LogP contribution in [0.2, 0.25) is 0 Å². The van der Waals surface area contributed by atoms with Crippen LogP contribution in [0, 0.1) is 21.4 Å². The van der Waals surface area contributed by atoms with Crippen molar-refractivity contribution in [2.75, 3.05) is 18.0 Å². The Morgan fingerprint density at radius 2 is 1.86 bits per heavy atom. The van der Waals surface area contributed by atoms with Crippen molar-refractivity contribution in [1.29, 1.82) is 5.26 Å². The summed E-state index contributed by atoms with van der Waals surface area (Å²) >= 11 is 0. The maximum Gasteiger partial charge on any atom is 0.289 e. The first-order chi connectivity index (χ1) is 9.63. The molecule has 0 amide bonds. The van der Waals surface area contributed by atoms with Crippen LogP contribution in [-0.2, 0) is 4.74 Å². The topological polar surface area (TPSA) is 79.4 Å². The molecule has 0 atom stereocenters. The fraction of sp³-hybridized carbons (Fsp3) is 0.533. The molecule has 0 bridgehead atoms. The SMILES string of the molecule is CC1(C)CN(c2ccc(C#N)c([N+](=O)[O-])c2)CC(C)(C)O1. The molecule has 6 nitrogen and oxygen atoms in total. The third-order valence-electron chi connectivity index (χ3n) is 3.36. The molecule has 0 unspecified atom stereocenters. The Balaban J connectivity index is 2.40. The van der Waals surface area contributed by atoms with Gasteiger partial charge in [-0.3, -0.25) is 10.1 Å².